The van der Waals surface area contributed by atoms with Gasteiger partial charge in [0, 0.05) is 6.07 Å². The Bertz CT molecular complexity index is 1150. The van der Waals surface area contributed by atoms with Crippen molar-refractivity contribution in [3.8, 4) is 16.8 Å². The SMILES string of the molecule is Cc1cccc(-c2cccc(-n3c(N)c4c(cc3=O)C(=O)NC4=O)c2)c1. The fourth-order valence-electron chi connectivity index (χ4n) is 3.19. The van der Waals surface area contributed by atoms with Gasteiger partial charge in [-0.25, -0.2) is 0 Å². The summed E-state index contributed by atoms with van der Waals surface area (Å²) >= 11 is 0. The number of benzene rings is 2. The minimum atomic E-state index is -0.602. The monoisotopic (exact) mass is 345 g/mol. The van der Waals surface area contributed by atoms with E-state index in [1.807, 2.05) is 49.4 Å². The van der Waals surface area contributed by atoms with Crippen LogP contribution in [-0.4, -0.2) is 16.4 Å². The lowest BCUT2D eigenvalue weighted by Gasteiger charge is -2.13. The molecule has 0 atom stereocenters. The summed E-state index contributed by atoms with van der Waals surface area (Å²) in [4.78, 5) is 36.3. The zero-order valence-electron chi connectivity index (χ0n) is 13.9. The second-order valence-electron chi connectivity index (χ2n) is 6.19. The predicted molar refractivity (Wildman–Crippen MR) is 98.4 cm³/mol. The van der Waals surface area contributed by atoms with Gasteiger partial charge in [0.25, 0.3) is 17.4 Å². The molecule has 0 radical (unpaired) electrons. The number of aryl methyl sites for hydroxylation is 1. The van der Waals surface area contributed by atoms with Gasteiger partial charge in [0.1, 0.15) is 5.82 Å². The molecule has 3 N–H and O–H groups in total. The van der Waals surface area contributed by atoms with Gasteiger partial charge in [-0.2, -0.15) is 0 Å². The van der Waals surface area contributed by atoms with Gasteiger partial charge in [0.05, 0.1) is 16.8 Å². The number of carbonyl (C=O) groups is 2. The lowest BCUT2D eigenvalue weighted by atomic mass is 10.0. The van der Waals surface area contributed by atoms with E-state index in [1.165, 1.54) is 4.57 Å². The highest BCUT2D eigenvalue weighted by Gasteiger charge is 2.31. The average Bonchev–Trinajstić information content (AvgIpc) is 2.89. The Labute approximate surface area is 148 Å². The van der Waals surface area contributed by atoms with Gasteiger partial charge in [-0.1, -0.05) is 42.0 Å². The summed E-state index contributed by atoms with van der Waals surface area (Å²) < 4.78 is 1.25. The lowest BCUT2D eigenvalue weighted by Crippen LogP contribution is -2.24. The highest BCUT2D eigenvalue weighted by Crippen LogP contribution is 2.26. The third kappa shape index (κ3) is 2.39. The number of carbonyl (C=O) groups excluding carboxylic acids is 2. The van der Waals surface area contributed by atoms with Crippen LogP contribution >= 0.6 is 0 Å². The molecule has 2 aromatic carbocycles. The molecule has 1 aliphatic heterocycles. The zero-order valence-corrected chi connectivity index (χ0v) is 13.9. The van der Waals surface area contributed by atoms with Crippen molar-refractivity contribution in [2.24, 2.45) is 0 Å². The number of anilines is 1. The fraction of sp³-hybridized carbons (Fsp3) is 0.0500. The Morgan fingerprint density at radius 2 is 1.58 bits per heavy atom. The van der Waals surface area contributed by atoms with Crippen molar-refractivity contribution in [2.45, 2.75) is 6.92 Å². The first-order valence-electron chi connectivity index (χ1n) is 8.04. The summed E-state index contributed by atoms with van der Waals surface area (Å²) in [5.74, 6) is -1.24. The number of hydrogen-bond acceptors (Lipinski definition) is 4. The third-order valence-corrected chi connectivity index (χ3v) is 4.41. The van der Waals surface area contributed by atoms with E-state index in [0.29, 0.717) is 5.69 Å². The quantitative estimate of drug-likeness (QED) is 0.697. The van der Waals surface area contributed by atoms with E-state index in [2.05, 4.69) is 5.32 Å². The number of hydrogen-bond donors (Lipinski definition) is 2. The fourth-order valence-corrected chi connectivity index (χ4v) is 3.19. The van der Waals surface area contributed by atoms with E-state index in [0.717, 1.165) is 22.8 Å². The molecule has 2 amide bonds. The number of amides is 2. The number of nitrogens with one attached hydrogen (secondary N) is 1. The van der Waals surface area contributed by atoms with E-state index in [9.17, 15) is 14.4 Å². The van der Waals surface area contributed by atoms with Crippen molar-refractivity contribution in [1.29, 1.82) is 0 Å². The Hall–Kier alpha value is -3.67. The Balaban J connectivity index is 1.91. The summed E-state index contributed by atoms with van der Waals surface area (Å²) in [6.07, 6.45) is 0. The van der Waals surface area contributed by atoms with Gasteiger partial charge < -0.3 is 5.73 Å². The Kier molecular flexibility index (Phi) is 3.47. The molecule has 1 aromatic heterocycles. The van der Waals surface area contributed by atoms with Crippen molar-refractivity contribution >= 4 is 17.6 Å². The summed E-state index contributed by atoms with van der Waals surface area (Å²) in [5.41, 5.74) is 9.25. The highest BCUT2D eigenvalue weighted by molar-refractivity contribution is 6.23. The topological polar surface area (TPSA) is 94.2 Å². The molecular weight excluding hydrogens is 330 g/mol. The molecule has 0 saturated carbocycles. The molecule has 0 aliphatic carbocycles. The highest BCUT2D eigenvalue weighted by atomic mass is 16.2. The first kappa shape index (κ1) is 15.8. The minimum Gasteiger partial charge on any atom is -0.384 e. The smallest absolute Gasteiger partial charge is 0.262 e. The van der Waals surface area contributed by atoms with Crippen LogP contribution in [0.5, 0.6) is 0 Å². The van der Waals surface area contributed by atoms with Crippen LogP contribution in [0.25, 0.3) is 16.8 Å². The molecule has 0 spiro atoms. The van der Waals surface area contributed by atoms with Gasteiger partial charge >= 0.3 is 0 Å². The molecule has 0 bridgehead atoms. The number of imide groups is 1. The largest absolute Gasteiger partial charge is 0.384 e. The minimum absolute atomic E-state index is 0.0172. The van der Waals surface area contributed by atoms with Crippen LogP contribution in [-0.2, 0) is 0 Å². The lowest BCUT2D eigenvalue weighted by molar-refractivity contribution is 0.0880. The zero-order chi connectivity index (χ0) is 18.4. The maximum absolute atomic E-state index is 12.5. The first-order valence-corrected chi connectivity index (χ1v) is 8.04. The maximum Gasteiger partial charge on any atom is 0.262 e. The molecule has 4 rings (SSSR count). The average molecular weight is 345 g/mol. The summed E-state index contributed by atoms with van der Waals surface area (Å²) in [6.45, 7) is 2.01. The van der Waals surface area contributed by atoms with Crippen LogP contribution in [0.3, 0.4) is 0 Å². The number of nitrogens with two attached hydrogens (primary N) is 1. The van der Waals surface area contributed by atoms with Crippen LogP contribution in [0, 0.1) is 6.92 Å². The molecular formula is C20H15N3O3. The van der Waals surface area contributed by atoms with E-state index >= 15 is 0 Å². The van der Waals surface area contributed by atoms with Crippen LogP contribution < -0.4 is 16.6 Å². The van der Waals surface area contributed by atoms with E-state index in [1.54, 1.807) is 6.07 Å². The van der Waals surface area contributed by atoms with Crippen molar-refractivity contribution in [2.75, 3.05) is 5.73 Å². The van der Waals surface area contributed by atoms with Gasteiger partial charge in [-0.3, -0.25) is 24.3 Å². The van der Waals surface area contributed by atoms with Gasteiger partial charge in [0.15, 0.2) is 0 Å². The number of fused-ring (bicyclic) bond motifs is 1. The number of rotatable bonds is 2. The van der Waals surface area contributed by atoms with Crippen molar-refractivity contribution in [3.63, 3.8) is 0 Å². The normalized spacial score (nSPS) is 12.8. The summed E-state index contributed by atoms with van der Waals surface area (Å²) in [7, 11) is 0. The van der Waals surface area contributed by atoms with E-state index < -0.39 is 17.4 Å². The number of nitrogen functional groups attached to an aromatic ring is 1. The van der Waals surface area contributed by atoms with Crippen molar-refractivity contribution in [1.82, 2.24) is 9.88 Å². The summed E-state index contributed by atoms with van der Waals surface area (Å²) in [6, 6.07) is 16.4. The van der Waals surface area contributed by atoms with Crippen LogP contribution in [0.15, 0.2) is 59.4 Å². The van der Waals surface area contributed by atoms with Crippen LogP contribution in [0.2, 0.25) is 0 Å². The molecule has 0 unspecified atom stereocenters. The second-order valence-corrected chi connectivity index (χ2v) is 6.19. The molecule has 128 valence electrons. The van der Waals surface area contributed by atoms with Gasteiger partial charge in [0.2, 0.25) is 0 Å². The molecule has 26 heavy (non-hydrogen) atoms. The van der Waals surface area contributed by atoms with Crippen molar-refractivity contribution in [3.05, 3.63) is 81.6 Å². The molecule has 0 fully saturated rings. The first-order chi connectivity index (χ1) is 12.5. The predicted octanol–water partition coefficient (Wildman–Crippen LogP) is 2.28. The molecule has 6 nitrogen and oxygen atoms in total. The summed E-state index contributed by atoms with van der Waals surface area (Å²) in [5, 5.41) is 2.16. The van der Waals surface area contributed by atoms with Crippen LogP contribution in [0.4, 0.5) is 5.82 Å². The van der Waals surface area contributed by atoms with Gasteiger partial charge in [-0.15, -0.1) is 0 Å². The van der Waals surface area contributed by atoms with E-state index in [-0.39, 0.29) is 16.9 Å². The molecule has 2 heterocycles. The molecule has 1 aliphatic rings. The standard InChI is InChI=1S/C20H15N3O3/c1-11-4-2-5-12(8-11)13-6-3-7-14(9-13)23-16(24)10-15-17(18(23)21)20(26)22-19(15)25/h2-10H,21H2,1H3,(H,22,25,26). The third-order valence-electron chi connectivity index (χ3n) is 4.41. The van der Waals surface area contributed by atoms with Crippen LogP contribution in [0.1, 0.15) is 26.3 Å². The van der Waals surface area contributed by atoms with Crippen molar-refractivity contribution < 1.29 is 9.59 Å². The number of aromatic nitrogens is 1. The number of pyridine rings is 1. The van der Waals surface area contributed by atoms with E-state index in [4.69, 9.17) is 5.73 Å². The van der Waals surface area contributed by atoms with Gasteiger partial charge in [-0.05, 0) is 30.2 Å². The Morgan fingerprint density at radius 1 is 0.885 bits per heavy atom. The molecule has 3 aromatic rings. The Morgan fingerprint density at radius 3 is 2.31 bits per heavy atom. The molecule has 0 saturated heterocycles. The second kappa shape index (κ2) is 5.70. The molecule has 6 heteroatoms. The maximum atomic E-state index is 12.5. The number of nitrogens with zero attached hydrogens (tertiary/aromatic N) is 1.